The number of aromatic nitrogens is 2. The molecular formula is C12H19ClN4O2. The van der Waals surface area contributed by atoms with Gasteiger partial charge in [-0.2, -0.15) is 5.10 Å². The van der Waals surface area contributed by atoms with Gasteiger partial charge in [0.25, 0.3) is 5.91 Å². The lowest BCUT2D eigenvalue weighted by atomic mass is 10.1. The lowest BCUT2D eigenvalue weighted by Gasteiger charge is -2.18. The summed E-state index contributed by atoms with van der Waals surface area (Å²) in [6.45, 7) is 5.58. The van der Waals surface area contributed by atoms with Crippen molar-refractivity contribution in [1.82, 2.24) is 20.4 Å². The Morgan fingerprint density at radius 2 is 2.47 bits per heavy atom. The Kier molecular flexibility index (Phi) is 4.79. The maximum Gasteiger partial charge on any atom is 0.273 e. The highest BCUT2D eigenvalue weighted by molar-refractivity contribution is 6.34. The minimum atomic E-state index is -0.249. The van der Waals surface area contributed by atoms with E-state index in [1.807, 2.05) is 0 Å². The molecule has 0 saturated carbocycles. The molecule has 2 N–H and O–H groups in total. The molecule has 0 spiro atoms. The van der Waals surface area contributed by atoms with Crippen LogP contribution >= 0.6 is 11.6 Å². The van der Waals surface area contributed by atoms with Gasteiger partial charge in [0.2, 0.25) is 0 Å². The molecule has 1 saturated heterocycles. The summed E-state index contributed by atoms with van der Waals surface area (Å²) in [7, 11) is 2.05. The third-order valence-electron chi connectivity index (χ3n) is 3.18. The van der Waals surface area contributed by atoms with Crippen LogP contribution in [0.25, 0.3) is 0 Å². The molecule has 0 aliphatic carbocycles. The molecule has 7 heteroatoms. The van der Waals surface area contributed by atoms with Crippen LogP contribution < -0.4 is 5.32 Å². The fourth-order valence-corrected chi connectivity index (χ4v) is 2.24. The molecule has 1 atom stereocenters. The standard InChI is InChI=1S/C12H19ClN4O2/c1-8-10(13)11(16-15-8)12(18)14-5-9-6-17(2)3-4-19-7-9/h9H,3-7H2,1-2H3,(H,14,18)(H,15,16). The zero-order valence-electron chi connectivity index (χ0n) is 11.2. The molecule has 1 amide bonds. The van der Waals surface area contributed by atoms with Crippen molar-refractivity contribution in [1.29, 1.82) is 0 Å². The number of nitrogens with one attached hydrogen (secondary N) is 2. The Labute approximate surface area is 117 Å². The number of H-pyrrole nitrogens is 1. The third-order valence-corrected chi connectivity index (χ3v) is 3.64. The van der Waals surface area contributed by atoms with Gasteiger partial charge in [-0.05, 0) is 14.0 Å². The molecule has 2 rings (SSSR count). The van der Waals surface area contributed by atoms with Gasteiger partial charge in [0.15, 0.2) is 5.69 Å². The number of rotatable bonds is 3. The fraction of sp³-hybridized carbons (Fsp3) is 0.667. The van der Waals surface area contributed by atoms with Gasteiger partial charge < -0.3 is 15.0 Å². The molecule has 2 heterocycles. The zero-order valence-corrected chi connectivity index (χ0v) is 12.0. The second-order valence-electron chi connectivity index (χ2n) is 4.92. The number of carbonyl (C=O) groups excluding carboxylic acids is 1. The molecule has 19 heavy (non-hydrogen) atoms. The van der Waals surface area contributed by atoms with Gasteiger partial charge >= 0.3 is 0 Å². The molecule has 0 aromatic carbocycles. The van der Waals surface area contributed by atoms with E-state index < -0.39 is 0 Å². The highest BCUT2D eigenvalue weighted by Crippen LogP contribution is 2.16. The first kappa shape index (κ1) is 14.3. The van der Waals surface area contributed by atoms with Crippen LogP contribution in [0.15, 0.2) is 0 Å². The van der Waals surface area contributed by atoms with Crippen LogP contribution in [-0.2, 0) is 4.74 Å². The smallest absolute Gasteiger partial charge is 0.273 e. The number of nitrogens with zero attached hydrogens (tertiary/aromatic N) is 2. The Bertz CT molecular complexity index is 449. The molecule has 1 aromatic rings. The molecule has 0 radical (unpaired) electrons. The summed E-state index contributed by atoms with van der Waals surface area (Å²) >= 11 is 5.99. The SMILES string of the molecule is Cc1[nH]nc(C(=O)NCC2COCCN(C)C2)c1Cl. The number of hydrogen-bond acceptors (Lipinski definition) is 4. The van der Waals surface area contributed by atoms with Gasteiger partial charge in [-0.3, -0.25) is 9.89 Å². The summed E-state index contributed by atoms with van der Waals surface area (Å²) < 4.78 is 5.50. The predicted molar refractivity (Wildman–Crippen MR) is 72.5 cm³/mol. The van der Waals surface area contributed by atoms with E-state index >= 15 is 0 Å². The largest absolute Gasteiger partial charge is 0.380 e. The second kappa shape index (κ2) is 6.36. The van der Waals surface area contributed by atoms with Gasteiger partial charge in [-0.1, -0.05) is 11.6 Å². The van der Waals surface area contributed by atoms with Crippen molar-refractivity contribution in [2.45, 2.75) is 6.92 Å². The Morgan fingerprint density at radius 3 is 3.16 bits per heavy atom. The lowest BCUT2D eigenvalue weighted by Crippen LogP contribution is -2.36. The first-order chi connectivity index (χ1) is 9.08. The van der Waals surface area contributed by atoms with Crippen LogP contribution in [0, 0.1) is 12.8 Å². The van der Waals surface area contributed by atoms with E-state index in [-0.39, 0.29) is 17.5 Å². The zero-order chi connectivity index (χ0) is 13.8. The molecule has 106 valence electrons. The Morgan fingerprint density at radius 1 is 1.68 bits per heavy atom. The first-order valence-electron chi connectivity index (χ1n) is 6.33. The monoisotopic (exact) mass is 286 g/mol. The van der Waals surface area contributed by atoms with Crippen molar-refractivity contribution in [3.05, 3.63) is 16.4 Å². The van der Waals surface area contributed by atoms with Crippen LogP contribution in [0.5, 0.6) is 0 Å². The highest BCUT2D eigenvalue weighted by atomic mass is 35.5. The van der Waals surface area contributed by atoms with Gasteiger partial charge in [-0.25, -0.2) is 0 Å². The first-order valence-corrected chi connectivity index (χ1v) is 6.70. The van der Waals surface area contributed by atoms with Gasteiger partial charge in [0.1, 0.15) is 0 Å². The molecule has 1 aromatic heterocycles. The van der Waals surface area contributed by atoms with Gasteiger partial charge in [0, 0.05) is 25.6 Å². The average molecular weight is 287 g/mol. The second-order valence-corrected chi connectivity index (χ2v) is 5.30. The van der Waals surface area contributed by atoms with Crippen LogP contribution in [-0.4, -0.2) is 60.9 Å². The van der Waals surface area contributed by atoms with Crippen LogP contribution in [0.3, 0.4) is 0 Å². The number of aromatic amines is 1. The van der Waals surface area contributed by atoms with Crippen molar-refractivity contribution >= 4 is 17.5 Å². The van der Waals surface area contributed by atoms with Crippen molar-refractivity contribution in [3.63, 3.8) is 0 Å². The minimum Gasteiger partial charge on any atom is -0.380 e. The van der Waals surface area contributed by atoms with E-state index in [1.165, 1.54) is 0 Å². The van der Waals surface area contributed by atoms with Crippen LogP contribution in [0.4, 0.5) is 0 Å². The summed E-state index contributed by atoms with van der Waals surface area (Å²) in [5.74, 6) is 0.0384. The topological polar surface area (TPSA) is 70.2 Å². The summed E-state index contributed by atoms with van der Waals surface area (Å²) in [6.07, 6.45) is 0. The molecule has 1 fully saturated rings. The summed E-state index contributed by atoms with van der Waals surface area (Å²) in [6, 6.07) is 0. The van der Waals surface area contributed by atoms with Crippen LogP contribution in [0.2, 0.25) is 5.02 Å². The number of halogens is 1. The highest BCUT2D eigenvalue weighted by Gasteiger charge is 2.20. The summed E-state index contributed by atoms with van der Waals surface area (Å²) in [5.41, 5.74) is 0.950. The van der Waals surface area contributed by atoms with E-state index in [4.69, 9.17) is 16.3 Å². The van der Waals surface area contributed by atoms with Crippen molar-refractivity contribution in [2.24, 2.45) is 5.92 Å². The van der Waals surface area contributed by atoms with E-state index in [0.717, 1.165) is 19.7 Å². The molecule has 1 unspecified atom stereocenters. The van der Waals surface area contributed by atoms with E-state index in [9.17, 15) is 4.79 Å². The molecule has 1 aliphatic heterocycles. The van der Waals surface area contributed by atoms with Gasteiger partial charge in [-0.15, -0.1) is 0 Å². The number of hydrogen-bond donors (Lipinski definition) is 2. The van der Waals surface area contributed by atoms with Crippen molar-refractivity contribution in [3.8, 4) is 0 Å². The molecule has 6 nitrogen and oxygen atoms in total. The number of aryl methyl sites for hydroxylation is 1. The fourth-order valence-electron chi connectivity index (χ4n) is 2.07. The quantitative estimate of drug-likeness (QED) is 0.857. The Hall–Kier alpha value is -1.11. The number of carbonyl (C=O) groups is 1. The average Bonchev–Trinajstić information content (AvgIpc) is 2.60. The van der Waals surface area contributed by atoms with Crippen molar-refractivity contribution < 1.29 is 9.53 Å². The summed E-state index contributed by atoms with van der Waals surface area (Å²) in [4.78, 5) is 14.2. The third kappa shape index (κ3) is 3.68. The number of amides is 1. The van der Waals surface area contributed by atoms with E-state index in [2.05, 4.69) is 27.5 Å². The maximum atomic E-state index is 12.0. The van der Waals surface area contributed by atoms with Gasteiger partial charge in [0.05, 0.1) is 23.9 Å². The van der Waals surface area contributed by atoms with Crippen molar-refractivity contribution in [2.75, 3.05) is 39.9 Å². The molecule has 0 bridgehead atoms. The molecule has 1 aliphatic rings. The van der Waals surface area contributed by atoms with Crippen LogP contribution in [0.1, 0.15) is 16.2 Å². The van der Waals surface area contributed by atoms with E-state index in [0.29, 0.717) is 23.9 Å². The normalized spacial score (nSPS) is 21.1. The maximum absolute atomic E-state index is 12.0. The Balaban J connectivity index is 1.87. The molecular weight excluding hydrogens is 268 g/mol. The lowest BCUT2D eigenvalue weighted by molar-refractivity contribution is 0.0916. The minimum absolute atomic E-state index is 0.249. The van der Waals surface area contributed by atoms with E-state index in [1.54, 1.807) is 6.92 Å². The summed E-state index contributed by atoms with van der Waals surface area (Å²) in [5, 5.41) is 9.84. The predicted octanol–water partition coefficient (Wildman–Crippen LogP) is 0.680. The number of ether oxygens (including phenoxy) is 1. The number of likely N-dealkylation sites (N-methyl/N-ethyl adjacent to an activating group) is 1.